The van der Waals surface area contributed by atoms with E-state index < -0.39 is 0 Å². The molecule has 1 saturated carbocycles. The number of nitrogens with two attached hydrogens (primary N) is 1. The first-order chi connectivity index (χ1) is 7.75. The van der Waals surface area contributed by atoms with Crippen LogP contribution >= 0.6 is 0 Å². The van der Waals surface area contributed by atoms with Crippen molar-refractivity contribution in [3.8, 4) is 17.2 Å². The van der Waals surface area contributed by atoms with Crippen LogP contribution in [0.5, 0.6) is 17.2 Å². The number of phenolic OH excluding ortho intramolecular Hbond substituents is 1. The van der Waals surface area contributed by atoms with Crippen LogP contribution in [0.3, 0.4) is 0 Å². The Morgan fingerprint density at radius 2 is 1.81 bits per heavy atom. The maximum atomic E-state index is 9.98. The first-order valence-corrected chi connectivity index (χ1v) is 5.58. The maximum Gasteiger partial charge on any atom is 0.165 e. The van der Waals surface area contributed by atoms with E-state index in [0.717, 1.165) is 24.2 Å². The van der Waals surface area contributed by atoms with Crippen LogP contribution in [-0.4, -0.2) is 24.9 Å². The minimum absolute atomic E-state index is 0.0279. The Kier molecular flexibility index (Phi) is 2.01. The summed E-state index contributed by atoms with van der Waals surface area (Å²) >= 11 is 0. The summed E-state index contributed by atoms with van der Waals surface area (Å²) in [5, 5.41) is 9.98. The van der Waals surface area contributed by atoms with Crippen LogP contribution < -0.4 is 15.2 Å². The van der Waals surface area contributed by atoms with Crippen molar-refractivity contribution in [3.05, 3.63) is 17.7 Å². The predicted octanol–water partition coefficient (Wildman–Crippen LogP) is 1.15. The Bertz CT molecular complexity index is 427. The van der Waals surface area contributed by atoms with Crippen molar-refractivity contribution in [2.75, 3.05) is 19.8 Å². The van der Waals surface area contributed by atoms with Crippen molar-refractivity contribution in [2.45, 2.75) is 18.3 Å². The first-order valence-electron chi connectivity index (χ1n) is 5.58. The number of aromatic hydroxyl groups is 1. The van der Waals surface area contributed by atoms with Crippen molar-refractivity contribution in [2.24, 2.45) is 5.73 Å². The highest BCUT2D eigenvalue weighted by atomic mass is 16.6. The molecule has 2 aliphatic rings. The fourth-order valence-electron chi connectivity index (χ4n) is 2.24. The average molecular weight is 221 g/mol. The number of ether oxygens (including phenoxy) is 2. The lowest BCUT2D eigenvalue weighted by Crippen LogP contribution is -2.21. The molecule has 1 fully saturated rings. The molecule has 3 N–H and O–H groups in total. The third kappa shape index (κ3) is 1.33. The van der Waals surface area contributed by atoms with Gasteiger partial charge in [-0.05, 0) is 18.9 Å². The molecular formula is C12H15NO3. The van der Waals surface area contributed by atoms with E-state index in [9.17, 15) is 5.11 Å². The molecule has 0 bridgehead atoms. The zero-order valence-electron chi connectivity index (χ0n) is 9.03. The molecular weight excluding hydrogens is 206 g/mol. The van der Waals surface area contributed by atoms with E-state index in [1.165, 1.54) is 0 Å². The van der Waals surface area contributed by atoms with Crippen LogP contribution in [0.25, 0.3) is 0 Å². The molecule has 86 valence electrons. The number of phenols is 1. The van der Waals surface area contributed by atoms with Gasteiger partial charge in [-0.1, -0.05) is 0 Å². The van der Waals surface area contributed by atoms with Crippen molar-refractivity contribution in [1.82, 2.24) is 0 Å². The van der Waals surface area contributed by atoms with Gasteiger partial charge in [-0.15, -0.1) is 0 Å². The SMILES string of the molecule is NCC1(c2cc3c(cc2O)OCCO3)CC1. The quantitative estimate of drug-likeness (QED) is 0.786. The number of hydrogen-bond donors (Lipinski definition) is 2. The lowest BCUT2D eigenvalue weighted by Gasteiger charge is -2.22. The maximum absolute atomic E-state index is 9.98. The molecule has 0 spiro atoms. The van der Waals surface area contributed by atoms with Gasteiger partial charge in [0.2, 0.25) is 0 Å². The molecule has 1 aromatic rings. The summed E-state index contributed by atoms with van der Waals surface area (Å²) in [6, 6.07) is 3.52. The molecule has 16 heavy (non-hydrogen) atoms. The van der Waals surface area contributed by atoms with Gasteiger partial charge in [0, 0.05) is 23.6 Å². The van der Waals surface area contributed by atoms with E-state index >= 15 is 0 Å². The molecule has 0 aromatic heterocycles. The van der Waals surface area contributed by atoms with Gasteiger partial charge in [0.1, 0.15) is 19.0 Å². The first kappa shape index (κ1) is 9.78. The molecule has 0 atom stereocenters. The normalized spacial score (nSPS) is 20.6. The van der Waals surface area contributed by atoms with Crippen molar-refractivity contribution < 1.29 is 14.6 Å². The standard InChI is InChI=1S/C12H15NO3/c13-7-12(1-2-12)8-5-10-11(6-9(8)14)16-4-3-15-10/h5-6,14H,1-4,7,13H2. The zero-order chi connectivity index (χ0) is 11.2. The highest BCUT2D eigenvalue weighted by molar-refractivity contribution is 5.54. The van der Waals surface area contributed by atoms with Gasteiger partial charge in [-0.25, -0.2) is 0 Å². The second kappa shape index (κ2) is 3.28. The Hall–Kier alpha value is -1.42. The van der Waals surface area contributed by atoms with Gasteiger partial charge in [-0.3, -0.25) is 0 Å². The van der Waals surface area contributed by atoms with Crippen molar-refractivity contribution >= 4 is 0 Å². The lowest BCUT2D eigenvalue weighted by molar-refractivity contribution is 0.170. The third-order valence-electron chi connectivity index (χ3n) is 3.48. The van der Waals surface area contributed by atoms with Gasteiger partial charge in [0.25, 0.3) is 0 Å². The van der Waals surface area contributed by atoms with E-state index in [1.54, 1.807) is 6.07 Å². The molecule has 1 heterocycles. The molecule has 0 amide bonds. The Labute approximate surface area is 94.0 Å². The second-order valence-corrected chi connectivity index (χ2v) is 4.50. The zero-order valence-corrected chi connectivity index (χ0v) is 9.03. The molecule has 1 aromatic carbocycles. The fourth-order valence-corrected chi connectivity index (χ4v) is 2.24. The van der Waals surface area contributed by atoms with Gasteiger partial charge < -0.3 is 20.3 Å². The van der Waals surface area contributed by atoms with E-state index in [-0.39, 0.29) is 11.2 Å². The van der Waals surface area contributed by atoms with Crippen LogP contribution in [0.4, 0.5) is 0 Å². The minimum Gasteiger partial charge on any atom is -0.508 e. The molecule has 1 aliphatic carbocycles. The highest BCUT2D eigenvalue weighted by Gasteiger charge is 2.45. The van der Waals surface area contributed by atoms with Crippen LogP contribution in [0, 0.1) is 0 Å². The van der Waals surface area contributed by atoms with Crippen LogP contribution in [0.1, 0.15) is 18.4 Å². The summed E-state index contributed by atoms with van der Waals surface area (Å²) in [7, 11) is 0. The number of benzene rings is 1. The number of hydrogen-bond acceptors (Lipinski definition) is 4. The molecule has 0 unspecified atom stereocenters. The third-order valence-corrected chi connectivity index (χ3v) is 3.48. The summed E-state index contributed by atoms with van der Waals surface area (Å²) in [6.07, 6.45) is 2.08. The van der Waals surface area contributed by atoms with Crippen LogP contribution in [-0.2, 0) is 5.41 Å². The lowest BCUT2D eigenvalue weighted by atomic mass is 9.94. The molecule has 0 radical (unpaired) electrons. The summed E-state index contributed by atoms with van der Waals surface area (Å²) < 4.78 is 10.9. The summed E-state index contributed by atoms with van der Waals surface area (Å²) in [5.74, 6) is 1.62. The largest absolute Gasteiger partial charge is 0.508 e. The smallest absolute Gasteiger partial charge is 0.165 e. The predicted molar refractivity (Wildman–Crippen MR) is 59.1 cm³/mol. The fraction of sp³-hybridized carbons (Fsp3) is 0.500. The molecule has 1 aliphatic heterocycles. The Balaban J connectivity index is 2.06. The van der Waals surface area contributed by atoms with Crippen molar-refractivity contribution in [3.63, 3.8) is 0 Å². The average Bonchev–Trinajstić information content (AvgIpc) is 3.09. The molecule has 3 rings (SSSR count). The van der Waals surface area contributed by atoms with Gasteiger partial charge in [0.05, 0.1) is 0 Å². The van der Waals surface area contributed by atoms with E-state index in [4.69, 9.17) is 15.2 Å². The van der Waals surface area contributed by atoms with E-state index in [1.807, 2.05) is 6.07 Å². The summed E-state index contributed by atoms with van der Waals surface area (Å²) in [6.45, 7) is 1.67. The minimum atomic E-state index is -0.0279. The van der Waals surface area contributed by atoms with Crippen LogP contribution in [0.2, 0.25) is 0 Å². The summed E-state index contributed by atoms with van der Waals surface area (Å²) in [5.41, 5.74) is 6.64. The van der Waals surface area contributed by atoms with Crippen LogP contribution in [0.15, 0.2) is 12.1 Å². The topological polar surface area (TPSA) is 64.7 Å². The number of fused-ring (bicyclic) bond motifs is 1. The van der Waals surface area contributed by atoms with Crippen molar-refractivity contribution in [1.29, 1.82) is 0 Å². The molecule has 0 saturated heterocycles. The highest BCUT2D eigenvalue weighted by Crippen LogP contribution is 2.52. The van der Waals surface area contributed by atoms with Gasteiger partial charge >= 0.3 is 0 Å². The van der Waals surface area contributed by atoms with E-state index in [2.05, 4.69) is 0 Å². The van der Waals surface area contributed by atoms with E-state index in [0.29, 0.717) is 25.5 Å². The van der Waals surface area contributed by atoms with Gasteiger partial charge in [-0.2, -0.15) is 0 Å². The van der Waals surface area contributed by atoms with Gasteiger partial charge in [0.15, 0.2) is 11.5 Å². The Morgan fingerprint density at radius 3 is 2.38 bits per heavy atom. The summed E-state index contributed by atoms with van der Waals surface area (Å²) in [4.78, 5) is 0. The molecule has 4 nitrogen and oxygen atoms in total. The monoisotopic (exact) mass is 221 g/mol. The Morgan fingerprint density at radius 1 is 1.19 bits per heavy atom. The number of rotatable bonds is 2. The second-order valence-electron chi connectivity index (χ2n) is 4.50. The molecule has 4 heteroatoms.